The lowest BCUT2D eigenvalue weighted by molar-refractivity contribution is 0.486. The van der Waals surface area contributed by atoms with Gasteiger partial charge in [-0.15, -0.1) is 10.2 Å². The van der Waals surface area contributed by atoms with Crippen molar-refractivity contribution < 1.29 is 0 Å². The zero-order valence-electron chi connectivity index (χ0n) is 16.9. The van der Waals surface area contributed by atoms with Gasteiger partial charge in [0.25, 0.3) is 0 Å². The van der Waals surface area contributed by atoms with E-state index in [0.717, 1.165) is 48.0 Å². The van der Waals surface area contributed by atoms with E-state index in [0.29, 0.717) is 28.8 Å². The maximum Gasteiger partial charge on any atom is 0.185 e. The van der Waals surface area contributed by atoms with E-state index in [1.165, 1.54) is 0 Å². The third-order valence-electron chi connectivity index (χ3n) is 5.95. The molecule has 6 rings (SSSR count). The van der Waals surface area contributed by atoms with Crippen LogP contribution in [-0.4, -0.2) is 52.4 Å². The summed E-state index contributed by atoms with van der Waals surface area (Å²) in [6.45, 7) is 1.94. The van der Waals surface area contributed by atoms with E-state index in [4.69, 9.17) is 16.9 Å². The molecule has 0 aliphatic carbocycles. The number of hydrogen-bond donors (Lipinski definition) is 0. The van der Waals surface area contributed by atoms with Gasteiger partial charge in [-0.3, -0.25) is 0 Å². The van der Waals surface area contributed by atoms with Gasteiger partial charge in [0.15, 0.2) is 33.6 Å². The predicted octanol–water partition coefficient (Wildman–Crippen LogP) is 2.86. The van der Waals surface area contributed by atoms with Crippen LogP contribution in [0.2, 0.25) is 5.15 Å². The molecule has 11 heteroatoms. The van der Waals surface area contributed by atoms with Crippen molar-refractivity contribution in [1.29, 1.82) is 5.26 Å². The van der Waals surface area contributed by atoms with Crippen molar-refractivity contribution in [3.8, 4) is 6.07 Å². The Labute approximate surface area is 187 Å². The molecule has 1 aromatic carbocycles. The van der Waals surface area contributed by atoms with Gasteiger partial charge >= 0.3 is 0 Å². The normalized spacial score (nSPS) is 15.1. The fourth-order valence-electron chi connectivity index (χ4n) is 4.27. The van der Waals surface area contributed by atoms with E-state index in [1.54, 1.807) is 17.2 Å². The average molecular weight is 445 g/mol. The number of imidazole rings is 1. The Morgan fingerprint density at radius 1 is 1.03 bits per heavy atom. The molecule has 0 atom stereocenters. The van der Waals surface area contributed by atoms with E-state index in [9.17, 15) is 0 Å². The zero-order valence-corrected chi connectivity index (χ0v) is 17.7. The number of piperidine rings is 1. The molecule has 4 aromatic heterocycles. The molecule has 0 radical (unpaired) electrons. The van der Waals surface area contributed by atoms with Crippen LogP contribution in [0.15, 0.2) is 36.9 Å². The van der Waals surface area contributed by atoms with Gasteiger partial charge in [-0.2, -0.15) is 14.9 Å². The highest BCUT2D eigenvalue weighted by Gasteiger charge is 2.23. The molecule has 5 heterocycles. The highest BCUT2D eigenvalue weighted by molar-refractivity contribution is 6.34. The third-order valence-corrected chi connectivity index (χ3v) is 6.23. The first-order valence-corrected chi connectivity index (χ1v) is 10.7. The van der Waals surface area contributed by atoms with Crippen LogP contribution in [0.25, 0.3) is 27.6 Å². The van der Waals surface area contributed by atoms with Crippen LogP contribution in [0.5, 0.6) is 0 Å². The van der Waals surface area contributed by atoms with E-state index in [1.807, 2.05) is 28.8 Å². The molecular formula is C21H17ClN10. The van der Waals surface area contributed by atoms with Gasteiger partial charge < -0.3 is 9.47 Å². The smallest absolute Gasteiger partial charge is 0.185 e. The second-order valence-corrected chi connectivity index (χ2v) is 8.18. The minimum absolute atomic E-state index is 0.109. The Morgan fingerprint density at radius 2 is 1.84 bits per heavy atom. The van der Waals surface area contributed by atoms with E-state index < -0.39 is 0 Å². The number of rotatable bonds is 3. The molecule has 1 fully saturated rings. The van der Waals surface area contributed by atoms with E-state index in [-0.39, 0.29) is 5.92 Å². The summed E-state index contributed by atoms with van der Waals surface area (Å²) < 4.78 is 3.58. The maximum absolute atomic E-state index is 9.16. The molecule has 5 aromatic rings. The molecule has 1 aliphatic heterocycles. The van der Waals surface area contributed by atoms with Crippen LogP contribution in [0.3, 0.4) is 0 Å². The van der Waals surface area contributed by atoms with Gasteiger partial charge in [-0.1, -0.05) is 35.9 Å². The SMILES string of the molecule is N#CC1CCN(c2ncnc3c2ncn3Cc2nnc3c4ccccc4c(Cl)nn23)CC1. The van der Waals surface area contributed by atoms with Gasteiger partial charge in [0.2, 0.25) is 0 Å². The lowest BCUT2D eigenvalue weighted by Crippen LogP contribution is -2.34. The molecule has 1 aliphatic rings. The Hall–Kier alpha value is -3.84. The zero-order chi connectivity index (χ0) is 21.7. The Kier molecular flexibility index (Phi) is 4.36. The van der Waals surface area contributed by atoms with Crippen LogP contribution in [-0.2, 0) is 6.54 Å². The number of nitriles is 1. The predicted molar refractivity (Wildman–Crippen MR) is 118 cm³/mol. The first-order chi connectivity index (χ1) is 15.7. The number of hydrogen-bond acceptors (Lipinski definition) is 8. The standard InChI is InChI=1S/C21H17ClN10/c22-18-14-3-1-2-4-15(14)19-28-27-16(32(19)29-18)10-31-12-26-17-20(24-11-25-21(17)31)30-7-5-13(9-23)6-8-30/h1-4,11-13H,5-8,10H2. The number of anilines is 1. The van der Waals surface area contributed by atoms with Gasteiger partial charge in [-0.05, 0) is 12.8 Å². The highest BCUT2D eigenvalue weighted by Crippen LogP contribution is 2.27. The summed E-state index contributed by atoms with van der Waals surface area (Å²) in [5.74, 6) is 1.53. The van der Waals surface area contributed by atoms with Crippen LogP contribution < -0.4 is 4.90 Å². The Balaban J connectivity index is 1.38. The topological polar surface area (TPSA) is 114 Å². The number of benzene rings is 1. The molecule has 0 spiro atoms. The molecule has 10 nitrogen and oxygen atoms in total. The largest absolute Gasteiger partial charge is 0.355 e. The van der Waals surface area contributed by atoms with Crippen LogP contribution >= 0.6 is 11.6 Å². The summed E-state index contributed by atoms with van der Waals surface area (Å²) in [7, 11) is 0. The number of aromatic nitrogens is 8. The van der Waals surface area contributed by atoms with Gasteiger partial charge in [-0.25, -0.2) is 15.0 Å². The van der Waals surface area contributed by atoms with E-state index >= 15 is 0 Å². The lowest BCUT2D eigenvalue weighted by Gasteiger charge is -2.29. The van der Waals surface area contributed by atoms with Crippen LogP contribution in [0.1, 0.15) is 18.7 Å². The summed E-state index contributed by atoms with van der Waals surface area (Å²) in [5.41, 5.74) is 2.09. The van der Waals surface area contributed by atoms with E-state index in [2.05, 4.69) is 41.2 Å². The molecule has 0 bridgehead atoms. The summed E-state index contributed by atoms with van der Waals surface area (Å²) in [6, 6.07) is 10.1. The quantitative estimate of drug-likeness (QED) is 0.417. The summed E-state index contributed by atoms with van der Waals surface area (Å²) in [6.07, 6.45) is 4.94. The van der Waals surface area contributed by atoms with Crippen molar-refractivity contribution >= 4 is 45.0 Å². The highest BCUT2D eigenvalue weighted by atomic mass is 35.5. The monoisotopic (exact) mass is 444 g/mol. The van der Waals surface area contributed by atoms with Gasteiger partial charge in [0, 0.05) is 29.8 Å². The molecule has 0 saturated carbocycles. The van der Waals surface area contributed by atoms with Crippen molar-refractivity contribution in [2.24, 2.45) is 5.92 Å². The molecule has 0 unspecified atom stereocenters. The lowest BCUT2D eigenvalue weighted by atomic mass is 9.99. The van der Waals surface area contributed by atoms with Crippen molar-refractivity contribution in [2.75, 3.05) is 18.0 Å². The second kappa shape index (κ2) is 7.39. The third kappa shape index (κ3) is 2.93. The first kappa shape index (κ1) is 18.9. The second-order valence-electron chi connectivity index (χ2n) is 7.82. The van der Waals surface area contributed by atoms with Crippen molar-refractivity contribution in [2.45, 2.75) is 19.4 Å². The summed E-state index contributed by atoms with van der Waals surface area (Å²) in [4.78, 5) is 15.7. The number of halogens is 1. The molecule has 0 N–H and O–H groups in total. The van der Waals surface area contributed by atoms with Crippen molar-refractivity contribution in [3.63, 3.8) is 0 Å². The van der Waals surface area contributed by atoms with Crippen molar-refractivity contribution in [1.82, 2.24) is 39.3 Å². The first-order valence-electron chi connectivity index (χ1n) is 10.3. The summed E-state index contributed by atoms with van der Waals surface area (Å²) >= 11 is 6.42. The van der Waals surface area contributed by atoms with Crippen LogP contribution in [0, 0.1) is 17.2 Å². The maximum atomic E-state index is 9.16. The molecule has 0 amide bonds. The van der Waals surface area contributed by atoms with Crippen molar-refractivity contribution in [3.05, 3.63) is 47.9 Å². The molecular weight excluding hydrogens is 428 g/mol. The fourth-order valence-corrected chi connectivity index (χ4v) is 4.51. The van der Waals surface area contributed by atoms with Crippen LogP contribution in [0.4, 0.5) is 5.82 Å². The summed E-state index contributed by atoms with van der Waals surface area (Å²) in [5, 5.41) is 24.5. The molecule has 32 heavy (non-hydrogen) atoms. The Bertz CT molecular complexity index is 1510. The fraction of sp³-hybridized carbons (Fsp3) is 0.286. The minimum atomic E-state index is 0.109. The van der Waals surface area contributed by atoms with Gasteiger partial charge in [0.1, 0.15) is 6.33 Å². The van der Waals surface area contributed by atoms with Gasteiger partial charge in [0.05, 0.1) is 18.9 Å². The number of nitrogens with zero attached hydrogens (tertiary/aromatic N) is 10. The number of fused-ring (bicyclic) bond motifs is 4. The minimum Gasteiger partial charge on any atom is -0.355 e. The molecule has 158 valence electrons. The molecule has 1 saturated heterocycles. The average Bonchev–Trinajstić information content (AvgIpc) is 3.44. The Morgan fingerprint density at radius 3 is 2.66 bits per heavy atom.